The van der Waals surface area contributed by atoms with Crippen LogP contribution in [0.15, 0.2) is 24.3 Å². The Morgan fingerprint density at radius 1 is 1.31 bits per heavy atom. The van der Waals surface area contributed by atoms with Crippen molar-refractivity contribution < 1.29 is 4.79 Å². The lowest BCUT2D eigenvalue weighted by atomic mass is 10.0. The predicted octanol–water partition coefficient (Wildman–Crippen LogP) is 1.78. The van der Waals surface area contributed by atoms with E-state index in [0.29, 0.717) is 12.6 Å². The van der Waals surface area contributed by atoms with E-state index in [1.54, 1.807) is 0 Å². The van der Waals surface area contributed by atoms with Crippen molar-refractivity contribution in [3.8, 4) is 0 Å². The second-order valence-corrected chi connectivity index (χ2v) is 4.02. The average molecular weight is 220 g/mol. The monoisotopic (exact) mass is 220 g/mol. The standard InChI is InChI=1S/C13H20N2O/c1-10-6-4-5-7-13(10)11(2)14-8-9-15-12(3)16/h4-7,11,14H,8-9H2,1-3H3,(H,15,16)/t11-/m0/s1. The van der Waals surface area contributed by atoms with Gasteiger partial charge in [0.2, 0.25) is 5.91 Å². The highest BCUT2D eigenvalue weighted by molar-refractivity contribution is 5.72. The summed E-state index contributed by atoms with van der Waals surface area (Å²) in [5, 5.41) is 6.15. The Labute approximate surface area is 97.2 Å². The summed E-state index contributed by atoms with van der Waals surface area (Å²) >= 11 is 0. The van der Waals surface area contributed by atoms with Crippen LogP contribution in [0.25, 0.3) is 0 Å². The van der Waals surface area contributed by atoms with Crippen molar-refractivity contribution in [2.45, 2.75) is 26.8 Å². The zero-order chi connectivity index (χ0) is 12.0. The van der Waals surface area contributed by atoms with Gasteiger partial charge in [0.1, 0.15) is 0 Å². The maximum Gasteiger partial charge on any atom is 0.216 e. The number of carbonyl (C=O) groups is 1. The lowest BCUT2D eigenvalue weighted by molar-refractivity contribution is -0.118. The van der Waals surface area contributed by atoms with Gasteiger partial charge in [-0.2, -0.15) is 0 Å². The fourth-order valence-electron chi connectivity index (χ4n) is 1.71. The third-order valence-corrected chi connectivity index (χ3v) is 2.60. The molecule has 0 aliphatic heterocycles. The zero-order valence-corrected chi connectivity index (χ0v) is 10.2. The van der Waals surface area contributed by atoms with E-state index in [-0.39, 0.29) is 5.91 Å². The average Bonchev–Trinajstić information content (AvgIpc) is 2.24. The van der Waals surface area contributed by atoms with Crippen LogP contribution in [0.1, 0.15) is 31.0 Å². The molecule has 0 radical (unpaired) electrons. The molecule has 1 aromatic carbocycles. The molecule has 0 saturated heterocycles. The molecule has 1 rings (SSSR count). The molecule has 0 fully saturated rings. The van der Waals surface area contributed by atoms with Crippen LogP contribution in [0.5, 0.6) is 0 Å². The Morgan fingerprint density at radius 3 is 2.62 bits per heavy atom. The minimum atomic E-state index is 0.0188. The summed E-state index contributed by atoms with van der Waals surface area (Å²) in [5.41, 5.74) is 2.60. The van der Waals surface area contributed by atoms with Gasteiger partial charge in [0.15, 0.2) is 0 Å². The summed E-state index contributed by atoms with van der Waals surface area (Å²) < 4.78 is 0. The molecule has 3 heteroatoms. The molecule has 3 nitrogen and oxygen atoms in total. The smallest absolute Gasteiger partial charge is 0.216 e. The zero-order valence-electron chi connectivity index (χ0n) is 10.2. The number of amides is 1. The van der Waals surface area contributed by atoms with Crippen LogP contribution in [-0.2, 0) is 4.79 Å². The SMILES string of the molecule is CC(=O)NCCN[C@@H](C)c1ccccc1C. The number of hydrogen-bond acceptors (Lipinski definition) is 2. The lowest BCUT2D eigenvalue weighted by Gasteiger charge is -2.16. The summed E-state index contributed by atoms with van der Waals surface area (Å²) in [7, 11) is 0. The first-order chi connectivity index (χ1) is 7.61. The van der Waals surface area contributed by atoms with Crippen LogP contribution in [-0.4, -0.2) is 19.0 Å². The second kappa shape index (κ2) is 6.28. The number of nitrogens with one attached hydrogen (secondary N) is 2. The Kier molecular flexibility index (Phi) is 4.99. The number of rotatable bonds is 5. The highest BCUT2D eigenvalue weighted by atomic mass is 16.1. The second-order valence-electron chi connectivity index (χ2n) is 4.02. The summed E-state index contributed by atoms with van der Waals surface area (Å²) in [6.07, 6.45) is 0. The molecule has 0 aliphatic rings. The molecule has 0 aliphatic carbocycles. The molecule has 0 heterocycles. The van der Waals surface area contributed by atoms with Crippen LogP contribution in [0.3, 0.4) is 0 Å². The fraction of sp³-hybridized carbons (Fsp3) is 0.462. The Hall–Kier alpha value is -1.35. The largest absolute Gasteiger partial charge is 0.355 e. The molecule has 88 valence electrons. The first-order valence-electron chi connectivity index (χ1n) is 5.64. The minimum Gasteiger partial charge on any atom is -0.355 e. The summed E-state index contributed by atoms with van der Waals surface area (Å²) in [5.74, 6) is 0.0188. The topological polar surface area (TPSA) is 41.1 Å². The van der Waals surface area contributed by atoms with Crippen LogP contribution >= 0.6 is 0 Å². The van der Waals surface area contributed by atoms with Crippen molar-refractivity contribution in [3.63, 3.8) is 0 Å². The number of hydrogen-bond donors (Lipinski definition) is 2. The molecule has 0 saturated carbocycles. The molecule has 16 heavy (non-hydrogen) atoms. The molecule has 0 bridgehead atoms. The molecule has 0 unspecified atom stereocenters. The van der Waals surface area contributed by atoms with Gasteiger partial charge in [-0.15, -0.1) is 0 Å². The highest BCUT2D eigenvalue weighted by Crippen LogP contribution is 2.15. The van der Waals surface area contributed by atoms with Crippen molar-refractivity contribution >= 4 is 5.91 Å². The first kappa shape index (κ1) is 12.7. The van der Waals surface area contributed by atoms with Gasteiger partial charge < -0.3 is 10.6 Å². The van der Waals surface area contributed by atoms with Crippen molar-refractivity contribution in [1.82, 2.24) is 10.6 Å². The normalized spacial score (nSPS) is 12.2. The van der Waals surface area contributed by atoms with Gasteiger partial charge in [-0.1, -0.05) is 24.3 Å². The van der Waals surface area contributed by atoms with E-state index in [1.807, 2.05) is 12.1 Å². The van der Waals surface area contributed by atoms with Gasteiger partial charge in [-0.05, 0) is 25.0 Å². The minimum absolute atomic E-state index is 0.0188. The van der Waals surface area contributed by atoms with Crippen LogP contribution in [0.4, 0.5) is 0 Å². The predicted molar refractivity (Wildman–Crippen MR) is 66.3 cm³/mol. The maximum atomic E-state index is 10.7. The molecule has 1 amide bonds. The van der Waals surface area contributed by atoms with E-state index < -0.39 is 0 Å². The molecule has 1 aromatic rings. The van der Waals surface area contributed by atoms with Crippen LogP contribution in [0.2, 0.25) is 0 Å². The molecular formula is C13H20N2O. The Morgan fingerprint density at radius 2 is 2.00 bits per heavy atom. The van der Waals surface area contributed by atoms with Gasteiger partial charge in [-0.3, -0.25) is 4.79 Å². The lowest BCUT2D eigenvalue weighted by Crippen LogP contribution is -2.31. The van der Waals surface area contributed by atoms with Gasteiger partial charge in [0.25, 0.3) is 0 Å². The molecular weight excluding hydrogens is 200 g/mol. The van der Waals surface area contributed by atoms with Crippen molar-refractivity contribution in [1.29, 1.82) is 0 Å². The molecule has 0 aromatic heterocycles. The van der Waals surface area contributed by atoms with Gasteiger partial charge in [0, 0.05) is 26.1 Å². The third kappa shape index (κ3) is 4.03. The fourth-order valence-corrected chi connectivity index (χ4v) is 1.71. The van der Waals surface area contributed by atoms with Crippen LogP contribution < -0.4 is 10.6 Å². The van der Waals surface area contributed by atoms with E-state index in [2.05, 4.69) is 36.6 Å². The van der Waals surface area contributed by atoms with E-state index >= 15 is 0 Å². The third-order valence-electron chi connectivity index (χ3n) is 2.60. The van der Waals surface area contributed by atoms with E-state index in [0.717, 1.165) is 6.54 Å². The van der Waals surface area contributed by atoms with E-state index in [9.17, 15) is 4.79 Å². The van der Waals surface area contributed by atoms with Gasteiger partial charge in [0.05, 0.1) is 0 Å². The summed E-state index contributed by atoms with van der Waals surface area (Å²) in [6, 6.07) is 8.65. The quantitative estimate of drug-likeness (QED) is 0.743. The highest BCUT2D eigenvalue weighted by Gasteiger charge is 2.06. The Bertz CT molecular complexity index is 350. The molecule has 2 N–H and O–H groups in total. The summed E-state index contributed by atoms with van der Waals surface area (Å²) in [6.45, 7) is 7.24. The Balaban J connectivity index is 2.38. The van der Waals surface area contributed by atoms with Crippen molar-refractivity contribution in [2.75, 3.05) is 13.1 Å². The number of aryl methyl sites for hydroxylation is 1. The van der Waals surface area contributed by atoms with Gasteiger partial charge in [-0.25, -0.2) is 0 Å². The van der Waals surface area contributed by atoms with Crippen LogP contribution in [0, 0.1) is 6.92 Å². The molecule has 1 atom stereocenters. The number of carbonyl (C=O) groups excluding carboxylic acids is 1. The van der Waals surface area contributed by atoms with Gasteiger partial charge >= 0.3 is 0 Å². The van der Waals surface area contributed by atoms with Crippen molar-refractivity contribution in [3.05, 3.63) is 35.4 Å². The van der Waals surface area contributed by atoms with E-state index in [1.165, 1.54) is 18.1 Å². The molecule has 0 spiro atoms. The number of benzene rings is 1. The van der Waals surface area contributed by atoms with E-state index in [4.69, 9.17) is 0 Å². The summed E-state index contributed by atoms with van der Waals surface area (Å²) in [4.78, 5) is 10.7. The van der Waals surface area contributed by atoms with Crippen molar-refractivity contribution in [2.24, 2.45) is 0 Å². The maximum absolute atomic E-state index is 10.7. The first-order valence-corrected chi connectivity index (χ1v) is 5.64.